The van der Waals surface area contributed by atoms with Crippen LogP contribution in [0.3, 0.4) is 0 Å². The van der Waals surface area contributed by atoms with Gasteiger partial charge in [-0.3, -0.25) is 4.79 Å². The number of carboxylic acid groups (broad SMARTS) is 1. The second kappa shape index (κ2) is 7.92. The fraction of sp³-hybridized carbons (Fsp3) is 0.105. The zero-order valence-corrected chi connectivity index (χ0v) is 15.0. The van der Waals surface area contributed by atoms with Gasteiger partial charge in [0.25, 0.3) is 5.91 Å². The van der Waals surface area contributed by atoms with Gasteiger partial charge in [-0.05, 0) is 25.1 Å². The van der Waals surface area contributed by atoms with Crippen LogP contribution in [0.25, 0.3) is 11.3 Å². The number of aromatic nitrogens is 1. The Bertz CT molecular complexity index is 999. The predicted octanol–water partition coefficient (Wildman–Crippen LogP) is 4.02. The van der Waals surface area contributed by atoms with Crippen LogP contribution in [0.2, 0.25) is 5.02 Å². The number of anilines is 1. The number of hydrogen-bond donors (Lipinski definition) is 2. The molecule has 0 spiro atoms. The maximum atomic E-state index is 12.8. The number of amides is 1. The van der Waals surface area contributed by atoms with Crippen molar-refractivity contribution >= 4 is 29.2 Å². The number of aryl methyl sites for hydroxylation is 1. The summed E-state index contributed by atoms with van der Waals surface area (Å²) in [7, 11) is 0. The molecule has 0 aliphatic rings. The van der Waals surface area contributed by atoms with Crippen LogP contribution >= 0.6 is 11.6 Å². The molecule has 0 bridgehead atoms. The molecule has 0 aliphatic carbocycles. The molecule has 0 saturated carbocycles. The Balaban J connectivity index is 1.86. The van der Waals surface area contributed by atoms with Crippen molar-refractivity contribution in [1.29, 1.82) is 0 Å². The van der Waals surface area contributed by atoms with Crippen LogP contribution in [0, 0.1) is 6.92 Å². The van der Waals surface area contributed by atoms with Crippen molar-refractivity contribution in [3.8, 4) is 17.0 Å². The number of carbonyl (C=O) groups is 2. The number of carboxylic acids is 1. The Labute approximate surface area is 159 Å². The first-order valence-electron chi connectivity index (χ1n) is 7.93. The lowest BCUT2D eigenvalue weighted by atomic mass is 10.1. The third-order valence-electron chi connectivity index (χ3n) is 3.67. The molecule has 0 aliphatic heterocycles. The van der Waals surface area contributed by atoms with Crippen molar-refractivity contribution in [1.82, 2.24) is 5.16 Å². The van der Waals surface area contributed by atoms with Crippen molar-refractivity contribution in [2.45, 2.75) is 6.92 Å². The topological polar surface area (TPSA) is 102 Å². The largest absolute Gasteiger partial charge is 0.482 e. The minimum Gasteiger partial charge on any atom is -0.482 e. The SMILES string of the molecule is Cc1onc(-c2ccccc2Cl)c1C(=O)Nc1cccc(OCC(=O)O)c1. The Morgan fingerprint density at radius 1 is 1.22 bits per heavy atom. The summed E-state index contributed by atoms with van der Waals surface area (Å²) >= 11 is 6.21. The minimum atomic E-state index is -1.09. The predicted molar refractivity (Wildman–Crippen MR) is 99.2 cm³/mol. The van der Waals surface area contributed by atoms with Gasteiger partial charge < -0.3 is 19.7 Å². The lowest BCUT2D eigenvalue weighted by molar-refractivity contribution is -0.139. The van der Waals surface area contributed by atoms with Gasteiger partial charge in [-0.25, -0.2) is 4.79 Å². The highest BCUT2D eigenvalue weighted by Crippen LogP contribution is 2.31. The third-order valence-corrected chi connectivity index (χ3v) is 4.00. The maximum absolute atomic E-state index is 12.8. The molecule has 3 rings (SSSR count). The quantitative estimate of drug-likeness (QED) is 0.663. The van der Waals surface area contributed by atoms with Crippen LogP contribution in [0.4, 0.5) is 5.69 Å². The van der Waals surface area contributed by atoms with E-state index in [0.717, 1.165) is 0 Å². The molecule has 8 heteroatoms. The van der Waals surface area contributed by atoms with Gasteiger partial charge in [-0.15, -0.1) is 0 Å². The molecule has 7 nitrogen and oxygen atoms in total. The minimum absolute atomic E-state index is 0.264. The van der Waals surface area contributed by atoms with E-state index in [2.05, 4.69) is 10.5 Å². The number of aliphatic carboxylic acids is 1. The van der Waals surface area contributed by atoms with E-state index in [1.165, 1.54) is 6.07 Å². The second-order valence-corrected chi connectivity index (χ2v) is 6.01. The van der Waals surface area contributed by atoms with Crippen molar-refractivity contribution in [2.24, 2.45) is 0 Å². The molecular weight excluding hydrogens is 372 g/mol. The van der Waals surface area contributed by atoms with E-state index in [0.29, 0.717) is 33.5 Å². The third kappa shape index (κ3) is 4.27. The molecule has 0 atom stereocenters. The number of rotatable bonds is 6. The molecule has 3 aromatic rings. The van der Waals surface area contributed by atoms with E-state index >= 15 is 0 Å². The van der Waals surface area contributed by atoms with E-state index in [1.54, 1.807) is 49.4 Å². The Hall–Kier alpha value is -3.32. The molecule has 0 radical (unpaired) electrons. The summed E-state index contributed by atoms with van der Waals surface area (Å²) in [5.74, 6) is -0.850. The molecule has 1 amide bonds. The van der Waals surface area contributed by atoms with Gasteiger partial charge >= 0.3 is 5.97 Å². The number of nitrogens with one attached hydrogen (secondary N) is 1. The molecule has 0 saturated heterocycles. The summed E-state index contributed by atoms with van der Waals surface area (Å²) < 4.78 is 10.3. The molecule has 138 valence electrons. The number of carbonyl (C=O) groups excluding carboxylic acids is 1. The van der Waals surface area contributed by atoms with Crippen molar-refractivity contribution in [2.75, 3.05) is 11.9 Å². The van der Waals surface area contributed by atoms with Gasteiger partial charge in [0, 0.05) is 17.3 Å². The number of hydrogen-bond acceptors (Lipinski definition) is 5. The Morgan fingerprint density at radius 2 is 2.00 bits per heavy atom. The monoisotopic (exact) mass is 386 g/mol. The van der Waals surface area contributed by atoms with Crippen molar-refractivity contribution in [3.63, 3.8) is 0 Å². The smallest absolute Gasteiger partial charge is 0.341 e. The molecule has 0 fully saturated rings. The number of ether oxygens (including phenoxy) is 1. The van der Waals surface area contributed by atoms with Crippen LogP contribution in [-0.4, -0.2) is 28.7 Å². The van der Waals surface area contributed by atoms with Crippen LogP contribution in [-0.2, 0) is 4.79 Å². The highest BCUT2D eigenvalue weighted by atomic mass is 35.5. The fourth-order valence-electron chi connectivity index (χ4n) is 2.48. The zero-order chi connectivity index (χ0) is 19.4. The van der Waals surface area contributed by atoms with Crippen LogP contribution in [0.5, 0.6) is 5.75 Å². The number of nitrogens with zero attached hydrogens (tertiary/aromatic N) is 1. The van der Waals surface area contributed by atoms with Gasteiger partial charge in [0.15, 0.2) is 6.61 Å². The van der Waals surface area contributed by atoms with Gasteiger partial charge in [-0.1, -0.05) is 41.0 Å². The summed E-state index contributed by atoms with van der Waals surface area (Å²) in [5.41, 5.74) is 1.63. The van der Waals surface area contributed by atoms with E-state index < -0.39 is 18.5 Å². The molecule has 27 heavy (non-hydrogen) atoms. The average Bonchev–Trinajstić information content (AvgIpc) is 3.02. The van der Waals surface area contributed by atoms with E-state index in [-0.39, 0.29) is 5.56 Å². The van der Waals surface area contributed by atoms with E-state index in [9.17, 15) is 9.59 Å². The second-order valence-electron chi connectivity index (χ2n) is 5.61. The molecular formula is C19H15ClN2O5. The van der Waals surface area contributed by atoms with Crippen LogP contribution in [0.15, 0.2) is 53.1 Å². The van der Waals surface area contributed by atoms with Gasteiger partial charge in [0.1, 0.15) is 22.8 Å². The lowest BCUT2D eigenvalue weighted by Gasteiger charge is -2.09. The first-order valence-corrected chi connectivity index (χ1v) is 8.30. The summed E-state index contributed by atoms with van der Waals surface area (Å²) in [4.78, 5) is 23.4. The highest BCUT2D eigenvalue weighted by molar-refractivity contribution is 6.33. The van der Waals surface area contributed by atoms with Crippen LogP contribution in [0.1, 0.15) is 16.1 Å². The Morgan fingerprint density at radius 3 is 2.74 bits per heavy atom. The Kier molecular flexibility index (Phi) is 5.42. The molecule has 2 aromatic carbocycles. The summed E-state index contributed by atoms with van der Waals surface area (Å²) in [6, 6.07) is 13.4. The summed E-state index contributed by atoms with van der Waals surface area (Å²) in [6.45, 7) is 1.16. The summed E-state index contributed by atoms with van der Waals surface area (Å²) in [6.07, 6.45) is 0. The molecule has 1 heterocycles. The first-order chi connectivity index (χ1) is 13.0. The molecule has 1 aromatic heterocycles. The number of benzene rings is 2. The standard InChI is InChI=1S/C19H15ClN2O5/c1-11-17(18(22-27-11)14-7-2-3-8-15(14)20)19(25)21-12-5-4-6-13(9-12)26-10-16(23)24/h2-9H,10H2,1H3,(H,21,25)(H,23,24). The maximum Gasteiger partial charge on any atom is 0.341 e. The lowest BCUT2D eigenvalue weighted by Crippen LogP contribution is -2.14. The molecule has 2 N–H and O–H groups in total. The van der Waals surface area contributed by atoms with Gasteiger partial charge in [0.05, 0.1) is 5.02 Å². The van der Waals surface area contributed by atoms with E-state index in [1.807, 2.05) is 0 Å². The van der Waals surface area contributed by atoms with Gasteiger partial charge in [0.2, 0.25) is 0 Å². The van der Waals surface area contributed by atoms with Crippen molar-refractivity contribution in [3.05, 3.63) is 64.9 Å². The number of halogens is 1. The summed E-state index contributed by atoms with van der Waals surface area (Å²) in [5, 5.41) is 15.8. The molecule has 0 unspecified atom stereocenters. The normalized spacial score (nSPS) is 10.4. The van der Waals surface area contributed by atoms with Crippen molar-refractivity contribution < 1.29 is 24.0 Å². The fourth-order valence-corrected chi connectivity index (χ4v) is 2.70. The first kappa shape index (κ1) is 18.5. The van der Waals surface area contributed by atoms with E-state index in [4.69, 9.17) is 26.0 Å². The zero-order valence-electron chi connectivity index (χ0n) is 14.2. The van der Waals surface area contributed by atoms with Gasteiger partial charge in [-0.2, -0.15) is 0 Å². The highest BCUT2D eigenvalue weighted by Gasteiger charge is 2.23. The van der Waals surface area contributed by atoms with Crippen LogP contribution < -0.4 is 10.1 Å². The average molecular weight is 387 g/mol.